The molecule has 0 saturated carbocycles. The molecule has 2 nitrogen and oxygen atoms in total. The van der Waals surface area contributed by atoms with Crippen LogP contribution < -0.4 is 5.73 Å². The average molecular weight is 278 g/mol. The van der Waals surface area contributed by atoms with E-state index >= 15 is 0 Å². The van der Waals surface area contributed by atoms with Crippen LogP contribution in [0.1, 0.15) is 0 Å². The smallest absolute Gasteiger partial charge is 0.153 e. The predicted molar refractivity (Wildman–Crippen MR) is 76.1 cm³/mol. The minimum Gasteiger partial charge on any atom is -0.454 e. The summed E-state index contributed by atoms with van der Waals surface area (Å²) in [4.78, 5) is 0. The van der Waals surface area contributed by atoms with Crippen LogP contribution in [0.25, 0.3) is 22.3 Å². The van der Waals surface area contributed by atoms with E-state index in [-0.39, 0.29) is 0 Å². The van der Waals surface area contributed by atoms with Crippen LogP contribution in [0, 0.1) is 0 Å². The molecule has 0 aliphatic carbocycles. The summed E-state index contributed by atoms with van der Waals surface area (Å²) in [6.45, 7) is 0. The van der Waals surface area contributed by atoms with Gasteiger partial charge in [-0.3, -0.25) is 0 Å². The third-order valence-electron chi connectivity index (χ3n) is 2.78. The third-order valence-corrected chi connectivity index (χ3v) is 3.31. The van der Waals surface area contributed by atoms with Gasteiger partial charge in [-0.05, 0) is 30.3 Å². The molecule has 18 heavy (non-hydrogen) atoms. The number of nitrogens with two attached hydrogens (primary N) is 1. The summed E-state index contributed by atoms with van der Waals surface area (Å²) in [7, 11) is 0. The molecule has 0 amide bonds. The van der Waals surface area contributed by atoms with Crippen LogP contribution in [0.15, 0.2) is 46.9 Å². The zero-order chi connectivity index (χ0) is 12.7. The van der Waals surface area contributed by atoms with E-state index in [4.69, 9.17) is 33.4 Å². The molecule has 0 spiro atoms. The normalized spacial score (nSPS) is 11.0. The van der Waals surface area contributed by atoms with Gasteiger partial charge in [0.2, 0.25) is 0 Å². The van der Waals surface area contributed by atoms with Crippen molar-refractivity contribution in [3.63, 3.8) is 0 Å². The van der Waals surface area contributed by atoms with E-state index in [2.05, 4.69) is 0 Å². The van der Waals surface area contributed by atoms with Gasteiger partial charge in [-0.25, -0.2) is 0 Å². The quantitative estimate of drug-likeness (QED) is 0.637. The van der Waals surface area contributed by atoms with Gasteiger partial charge >= 0.3 is 0 Å². The molecule has 0 fully saturated rings. The van der Waals surface area contributed by atoms with Crippen molar-refractivity contribution in [2.45, 2.75) is 0 Å². The topological polar surface area (TPSA) is 39.2 Å². The summed E-state index contributed by atoms with van der Waals surface area (Å²) >= 11 is 12.0. The molecule has 1 heterocycles. The van der Waals surface area contributed by atoms with Crippen LogP contribution in [0.5, 0.6) is 0 Å². The number of fused-ring (bicyclic) bond motifs is 1. The molecule has 1 aromatic heterocycles. The van der Waals surface area contributed by atoms with Gasteiger partial charge in [0, 0.05) is 21.7 Å². The summed E-state index contributed by atoms with van der Waals surface area (Å²) in [5.41, 5.74) is 8.00. The first kappa shape index (κ1) is 11.5. The van der Waals surface area contributed by atoms with Crippen LogP contribution in [-0.2, 0) is 0 Å². The van der Waals surface area contributed by atoms with Gasteiger partial charge in [0.25, 0.3) is 0 Å². The second-order valence-corrected chi connectivity index (χ2v) is 4.84. The van der Waals surface area contributed by atoms with Crippen molar-refractivity contribution in [1.29, 1.82) is 0 Å². The molecule has 0 unspecified atom stereocenters. The molecule has 3 rings (SSSR count). The molecular formula is C14H9Cl2NO. The molecule has 4 heteroatoms. The number of hydrogen-bond acceptors (Lipinski definition) is 2. The highest BCUT2D eigenvalue weighted by molar-refractivity contribution is 6.34. The Morgan fingerprint density at radius 2 is 1.83 bits per heavy atom. The average Bonchev–Trinajstić information content (AvgIpc) is 2.74. The van der Waals surface area contributed by atoms with Crippen LogP contribution >= 0.6 is 23.2 Å². The molecule has 2 aromatic carbocycles. The monoisotopic (exact) mass is 277 g/mol. The van der Waals surface area contributed by atoms with E-state index in [1.165, 1.54) is 0 Å². The highest BCUT2D eigenvalue weighted by atomic mass is 35.5. The number of anilines is 1. The summed E-state index contributed by atoms with van der Waals surface area (Å²) in [5.74, 6) is 0.687. The van der Waals surface area contributed by atoms with E-state index < -0.39 is 0 Å². The number of halogens is 2. The molecule has 0 radical (unpaired) electrons. The maximum Gasteiger partial charge on any atom is 0.153 e. The fraction of sp³-hybridized carbons (Fsp3) is 0. The summed E-state index contributed by atoms with van der Waals surface area (Å²) in [6.07, 6.45) is 0. The standard InChI is InChI=1S/C14H9Cl2NO/c15-9-4-5-10(12(17)7-9)13-6-8-2-1-3-11(16)14(8)18-13/h1-7H,17H2. The van der Waals surface area contributed by atoms with Crippen molar-refractivity contribution >= 4 is 39.9 Å². The first-order valence-electron chi connectivity index (χ1n) is 5.38. The van der Waals surface area contributed by atoms with Crippen LogP contribution in [0.2, 0.25) is 10.0 Å². The molecule has 0 saturated heterocycles. The number of benzene rings is 2. The molecule has 3 aromatic rings. The van der Waals surface area contributed by atoms with Crippen molar-refractivity contribution in [2.24, 2.45) is 0 Å². The maximum atomic E-state index is 6.08. The zero-order valence-corrected chi connectivity index (χ0v) is 10.8. The highest BCUT2D eigenvalue weighted by Gasteiger charge is 2.11. The first-order valence-corrected chi connectivity index (χ1v) is 6.14. The molecule has 0 aliphatic rings. The van der Waals surface area contributed by atoms with Gasteiger partial charge in [-0.2, -0.15) is 0 Å². The highest BCUT2D eigenvalue weighted by Crippen LogP contribution is 2.35. The minimum atomic E-state index is 0.581. The van der Waals surface area contributed by atoms with Crippen LogP contribution in [0.3, 0.4) is 0 Å². The van der Waals surface area contributed by atoms with E-state index in [9.17, 15) is 0 Å². The Morgan fingerprint density at radius 3 is 2.56 bits per heavy atom. The predicted octanol–water partition coefficient (Wildman–Crippen LogP) is 4.99. The Labute approximate surface area is 114 Å². The number of furan rings is 1. The Kier molecular flexibility index (Phi) is 2.69. The second kappa shape index (κ2) is 4.23. The zero-order valence-electron chi connectivity index (χ0n) is 9.28. The van der Waals surface area contributed by atoms with Gasteiger partial charge in [-0.1, -0.05) is 35.3 Å². The summed E-state index contributed by atoms with van der Waals surface area (Å²) in [6, 6.07) is 12.9. The van der Waals surface area contributed by atoms with Crippen molar-refractivity contribution < 1.29 is 4.42 Å². The van der Waals surface area contributed by atoms with Crippen LogP contribution in [-0.4, -0.2) is 0 Å². The lowest BCUT2D eigenvalue weighted by molar-refractivity contribution is 0.632. The van der Waals surface area contributed by atoms with Gasteiger partial charge in [0.15, 0.2) is 5.58 Å². The molecule has 0 aliphatic heterocycles. The van der Waals surface area contributed by atoms with E-state index in [0.717, 1.165) is 10.9 Å². The Balaban J connectivity index is 2.23. The van der Waals surface area contributed by atoms with E-state index in [1.54, 1.807) is 18.2 Å². The maximum absolute atomic E-state index is 6.08. The number of rotatable bonds is 1. The minimum absolute atomic E-state index is 0.581. The second-order valence-electron chi connectivity index (χ2n) is 4.00. The molecule has 2 N–H and O–H groups in total. The summed E-state index contributed by atoms with van der Waals surface area (Å²) in [5, 5.41) is 2.14. The Bertz CT molecular complexity index is 734. The van der Waals surface area contributed by atoms with Gasteiger partial charge < -0.3 is 10.2 Å². The molecular weight excluding hydrogens is 269 g/mol. The fourth-order valence-corrected chi connectivity index (χ4v) is 2.32. The van der Waals surface area contributed by atoms with Crippen molar-refractivity contribution in [2.75, 3.05) is 5.73 Å². The van der Waals surface area contributed by atoms with Gasteiger partial charge in [-0.15, -0.1) is 0 Å². The van der Waals surface area contributed by atoms with Gasteiger partial charge in [0.05, 0.1) is 5.02 Å². The lowest BCUT2D eigenvalue weighted by atomic mass is 10.1. The van der Waals surface area contributed by atoms with E-state index in [0.29, 0.717) is 27.1 Å². The Hall–Kier alpha value is -1.64. The summed E-state index contributed by atoms with van der Waals surface area (Å²) < 4.78 is 5.75. The first-order chi connectivity index (χ1) is 8.65. The lowest BCUT2D eigenvalue weighted by Gasteiger charge is -2.02. The third kappa shape index (κ3) is 1.84. The van der Waals surface area contributed by atoms with Crippen LogP contribution in [0.4, 0.5) is 5.69 Å². The van der Waals surface area contributed by atoms with Crippen molar-refractivity contribution in [1.82, 2.24) is 0 Å². The number of para-hydroxylation sites is 1. The fourth-order valence-electron chi connectivity index (χ4n) is 1.92. The SMILES string of the molecule is Nc1cc(Cl)ccc1-c1cc2cccc(Cl)c2o1. The molecule has 0 atom stereocenters. The van der Waals surface area contributed by atoms with Gasteiger partial charge in [0.1, 0.15) is 5.76 Å². The molecule has 0 bridgehead atoms. The van der Waals surface area contributed by atoms with Crippen molar-refractivity contribution in [3.8, 4) is 11.3 Å². The number of nitrogen functional groups attached to an aromatic ring is 1. The number of hydrogen-bond donors (Lipinski definition) is 1. The lowest BCUT2D eigenvalue weighted by Crippen LogP contribution is -1.88. The largest absolute Gasteiger partial charge is 0.454 e. The van der Waals surface area contributed by atoms with E-state index in [1.807, 2.05) is 24.3 Å². The van der Waals surface area contributed by atoms with Crippen molar-refractivity contribution in [3.05, 3.63) is 52.5 Å². The molecule has 90 valence electrons. The Morgan fingerprint density at radius 1 is 1.00 bits per heavy atom.